The zero-order valence-electron chi connectivity index (χ0n) is 44.9. The molecule has 0 N–H and O–H groups in total. The Morgan fingerprint density at radius 2 is 0.770 bits per heavy atom. The van der Waals surface area contributed by atoms with Crippen LogP contribution in [0.15, 0.2) is 158 Å². The minimum atomic E-state index is -3.39. The second-order valence-corrected chi connectivity index (χ2v) is 28.2. The quantitative estimate of drug-likeness (QED) is 0.0789. The summed E-state index contributed by atoms with van der Waals surface area (Å²) in [5, 5.41) is 4.28. The highest BCUT2D eigenvalue weighted by Crippen LogP contribution is 2.52. The molecule has 2 heterocycles. The number of methoxy groups -OCH3 is 2. The molecule has 0 aromatic heterocycles. The third kappa shape index (κ3) is 10.6. The van der Waals surface area contributed by atoms with Crippen LogP contribution in [0, 0.1) is 47.3 Å². The number of hydrogen-bond acceptors (Lipinski definition) is 8. The molecule has 2 aliphatic carbocycles. The van der Waals surface area contributed by atoms with E-state index in [1.807, 2.05) is 0 Å². The van der Waals surface area contributed by atoms with Crippen LogP contribution >= 0.6 is 0 Å². The summed E-state index contributed by atoms with van der Waals surface area (Å²) in [6, 6.07) is 55.1. The molecule has 2 saturated heterocycles. The maximum Gasteiger partial charge on any atom is 0.469 e. The van der Waals surface area contributed by atoms with Crippen molar-refractivity contribution in [3.63, 3.8) is 0 Å². The van der Waals surface area contributed by atoms with Crippen LogP contribution in [-0.2, 0) is 18.3 Å². The highest BCUT2D eigenvalue weighted by atomic mass is 28.4. The Balaban J connectivity index is 0.930. The largest absolute Gasteiger partial charge is 0.511 e. The van der Waals surface area contributed by atoms with E-state index in [2.05, 4.69) is 199 Å². The molecule has 0 radical (unpaired) electrons. The number of ether oxygens (including phenoxy) is 4. The molecule has 4 fully saturated rings. The molecular formula is C64H78O8Si2. The SMILES string of the molecule is COc1cc([C@H]2OCC3C2CO[C@@H]3c2ccc(O[Si](O[C@@H]3C[C@H](C)CC[C@H]3C(C)C)(c3ccccc3)c3ccccc3)c(OC)c2)ccc1O[Si](O[C@@H]1C[C@H](C)CC[C@H]1C(C)C)(c1ccccc1)c1ccccc1. The van der Waals surface area contributed by atoms with Crippen molar-refractivity contribution in [2.24, 2.45) is 47.3 Å². The summed E-state index contributed by atoms with van der Waals surface area (Å²) in [7, 11) is -3.33. The van der Waals surface area contributed by atoms with E-state index in [-0.39, 0.29) is 36.3 Å². The molecule has 0 amide bonds. The van der Waals surface area contributed by atoms with E-state index in [1.165, 1.54) is 12.8 Å². The molecule has 4 aliphatic rings. The van der Waals surface area contributed by atoms with Gasteiger partial charge in [0.05, 0.1) is 51.8 Å². The Kier molecular flexibility index (Phi) is 16.2. The zero-order chi connectivity index (χ0) is 51.4. The van der Waals surface area contributed by atoms with Crippen molar-refractivity contribution in [3.05, 3.63) is 169 Å². The molecule has 8 nitrogen and oxygen atoms in total. The van der Waals surface area contributed by atoms with Gasteiger partial charge in [0, 0.05) is 32.6 Å². The lowest BCUT2D eigenvalue weighted by Gasteiger charge is -2.43. The van der Waals surface area contributed by atoms with Gasteiger partial charge in [0.15, 0.2) is 11.5 Å². The van der Waals surface area contributed by atoms with Crippen LogP contribution < -0.4 is 39.1 Å². The predicted molar refractivity (Wildman–Crippen MR) is 300 cm³/mol. The normalized spacial score (nSPS) is 26.2. The van der Waals surface area contributed by atoms with Crippen molar-refractivity contribution in [2.45, 2.75) is 104 Å². The van der Waals surface area contributed by atoms with E-state index < -0.39 is 17.1 Å². The van der Waals surface area contributed by atoms with E-state index in [0.717, 1.165) is 57.6 Å². The van der Waals surface area contributed by atoms with Crippen molar-refractivity contribution in [2.75, 3.05) is 27.4 Å². The number of hydrogen-bond donors (Lipinski definition) is 0. The van der Waals surface area contributed by atoms with Crippen LogP contribution in [0.3, 0.4) is 0 Å². The minimum Gasteiger partial charge on any atom is -0.511 e. The highest BCUT2D eigenvalue weighted by Gasteiger charge is 2.53. The van der Waals surface area contributed by atoms with E-state index in [0.29, 0.717) is 71.7 Å². The Morgan fingerprint density at radius 3 is 1.08 bits per heavy atom. The second-order valence-electron chi connectivity index (χ2n) is 22.5. The second kappa shape index (κ2) is 23.0. The monoisotopic (exact) mass is 1030 g/mol. The fourth-order valence-electron chi connectivity index (χ4n) is 12.9. The van der Waals surface area contributed by atoms with E-state index in [1.54, 1.807) is 14.2 Å². The Bertz CT molecular complexity index is 2470. The molecule has 2 saturated carbocycles. The van der Waals surface area contributed by atoms with Crippen LogP contribution in [0.2, 0.25) is 0 Å². The van der Waals surface area contributed by atoms with Gasteiger partial charge in [0.1, 0.15) is 11.5 Å². The lowest BCUT2D eigenvalue weighted by Crippen LogP contribution is -2.68. The van der Waals surface area contributed by atoms with Crippen LogP contribution in [0.5, 0.6) is 23.0 Å². The van der Waals surface area contributed by atoms with Crippen LogP contribution in [0.25, 0.3) is 0 Å². The van der Waals surface area contributed by atoms with E-state index >= 15 is 0 Å². The third-order valence-corrected chi connectivity index (χ3v) is 23.6. The Morgan fingerprint density at radius 1 is 0.432 bits per heavy atom. The lowest BCUT2D eigenvalue weighted by atomic mass is 9.75. The number of fused-ring (bicyclic) bond motifs is 1. The predicted octanol–water partition coefficient (Wildman–Crippen LogP) is 12.0. The van der Waals surface area contributed by atoms with Gasteiger partial charge in [0.25, 0.3) is 0 Å². The van der Waals surface area contributed by atoms with E-state index in [9.17, 15) is 0 Å². The maximum atomic E-state index is 7.67. The van der Waals surface area contributed by atoms with Gasteiger partial charge in [-0.25, -0.2) is 0 Å². The standard InChI is InChI=1S/C64H78O8Si2/c1-43(2)53-33-29-45(5)37-59(53)71-73(49-21-13-9-14-22-49,50-23-15-10-16-24-50)69-57-35-31-47(39-61(57)65-7)63-55-41-68-64(56(55)42-67-63)48-32-36-58(62(40-48)66-8)70-74(51-25-17-11-18-26-51,52-27-19-12-20-28-52)72-60-38-46(6)30-34-54(60)44(3)4/h9-28,31-32,35-36,39-40,43-46,53-56,59-60,63-64H,29-30,33-34,37-38,41-42H2,1-8H3/t45-,46-,53+,54+,55?,56?,59-,60-,63-,64-/m1/s1. The third-order valence-electron chi connectivity index (χ3n) is 17.0. The van der Waals surface area contributed by atoms with Gasteiger partial charge in [-0.2, -0.15) is 0 Å². The maximum absolute atomic E-state index is 7.67. The van der Waals surface area contributed by atoms with Gasteiger partial charge < -0.3 is 36.7 Å². The zero-order valence-corrected chi connectivity index (χ0v) is 46.9. The molecular weight excluding hydrogens is 953 g/mol. The molecule has 10 heteroatoms. The van der Waals surface area contributed by atoms with Gasteiger partial charge in [-0.3, -0.25) is 0 Å². The summed E-state index contributed by atoms with van der Waals surface area (Å²) in [5.41, 5.74) is 2.08. The van der Waals surface area contributed by atoms with Crippen LogP contribution in [-0.4, -0.2) is 56.8 Å². The van der Waals surface area contributed by atoms with Gasteiger partial charge in [-0.1, -0.05) is 188 Å². The first-order valence-electron chi connectivity index (χ1n) is 27.5. The van der Waals surface area contributed by atoms with E-state index in [4.69, 9.17) is 36.7 Å². The van der Waals surface area contributed by atoms with Gasteiger partial charge >= 0.3 is 17.1 Å². The van der Waals surface area contributed by atoms with Crippen molar-refractivity contribution in [3.8, 4) is 23.0 Å². The fraction of sp³-hybridized carbons (Fsp3) is 0.438. The average molecular weight is 1030 g/mol. The average Bonchev–Trinajstić information content (AvgIpc) is 4.05. The molecule has 6 aromatic rings. The Labute approximate surface area is 443 Å². The summed E-state index contributed by atoms with van der Waals surface area (Å²) in [6.45, 7) is 15.2. The molecule has 390 valence electrons. The molecule has 2 aliphatic heterocycles. The Hall–Kier alpha value is -5.21. The van der Waals surface area contributed by atoms with Gasteiger partial charge in [-0.15, -0.1) is 0 Å². The minimum absolute atomic E-state index is 0.0554. The molecule has 10 rings (SSSR count). The summed E-state index contributed by atoms with van der Waals surface area (Å²) in [5.74, 6) is 5.89. The summed E-state index contributed by atoms with van der Waals surface area (Å²) in [4.78, 5) is 0. The summed E-state index contributed by atoms with van der Waals surface area (Å²) >= 11 is 0. The van der Waals surface area contributed by atoms with Crippen molar-refractivity contribution in [1.82, 2.24) is 0 Å². The van der Waals surface area contributed by atoms with Crippen LogP contribution in [0.4, 0.5) is 0 Å². The van der Waals surface area contributed by atoms with Gasteiger partial charge in [0.2, 0.25) is 0 Å². The molecule has 74 heavy (non-hydrogen) atoms. The smallest absolute Gasteiger partial charge is 0.469 e. The molecule has 2 unspecified atom stereocenters. The first kappa shape index (κ1) is 52.2. The topological polar surface area (TPSA) is 73.8 Å². The van der Waals surface area contributed by atoms with Crippen LogP contribution in [0.1, 0.15) is 103 Å². The molecule has 10 atom stereocenters. The first-order valence-corrected chi connectivity index (χ1v) is 31.2. The summed E-state index contributed by atoms with van der Waals surface area (Å²) < 4.78 is 56.4. The van der Waals surface area contributed by atoms with Gasteiger partial charge in [-0.05, 0) is 96.6 Å². The van der Waals surface area contributed by atoms with Crippen molar-refractivity contribution >= 4 is 37.9 Å². The molecule has 0 bridgehead atoms. The lowest BCUT2D eigenvalue weighted by molar-refractivity contribution is 0.0191. The fourth-order valence-corrected chi connectivity index (χ4v) is 19.5. The van der Waals surface area contributed by atoms with Crippen molar-refractivity contribution < 1.29 is 36.7 Å². The molecule has 0 spiro atoms. The number of rotatable bonds is 18. The number of benzene rings is 6. The molecule has 6 aromatic carbocycles. The van der Waals surface area contributed by atoms with Crippen molar-refractivity contribution in [1.29, 1.82) is 0 Å². The first-order chi connectivity index (χ1) is 36.0. The highest BCUT2D eigenvalue weighted by molar-refractivity contribution is 6.93. The summed E-state index contributed by atoms with van der Waals surface area (Å²) in [6.07, 6.45) is 6.48.